The van der Waals surface area contributed by atoms with Crippen LogP contribution in [0.4, 0.5) is 4.79 Å². The maximum Gasteiger partial charge on any atom is 1.00 e. The standard InChI is InChI=1S/C12H25NO2.K.H2N/c1-8(11(2,3)4)9(12(5,6)7)15-10(13)14;;/h8-9H,1-7H3,(H2,13,14);;1H2/q;+1;-1/p-1/t8-,9?;;/m1../s1. The summed E-state index contributed by atoms with van der Waals surface area (Å²) in [5.41, 5.74) is 6.85. The molecule has 17 heavy (non-hydrogen) atoms. The molecule has 3 N–H and O–H groups in total. The summed E-state index contributed by atoms with van der Waals surface area (Å²) in [4.78, 5) is 10.8. The summed E-state index contributed by atoms with van der Waals surface area (Å²) in [7, 11) is 0. The Morgan fingerprint density at radius 2 is 1.41 bits per heavy atom. The summed E-state index contributed by atoms with van der Waals surface area (Å²) in [6.07, 6.45) is -1.16. The van der Waals surface area contributed by atoms with Crippen molar-refractivity contribution in [1.29, 1.82) is 0 Å². The fourth-order valence-electron chi connectivity index (χ4n) is 1.60. The first-order valence-corrected chi connectivity index (χ1v) is 5.38. The Bertz CT molecular complexity index is 232. The van der Waals surface area contributed by atoms with Crippen LogP contribution in [0.1, 0.15) is 48.5 Å². The molecule has 0 aromatic rings. The largest absolute Gasteiger partial charge is 1.00 e. The summed E-state index contributed by atoms with van der Waals surface area (Å²) in [5.74, 6) is 0.215. The minimum Gasteiger partial charge on any atom is -0.693 e. The van der Waals surface area contributed by atoms with Crippen molar-refractivity contribution < 1.29 is 60.9 Å². The van der Waals surface area contributed by atoms with E-state index < -0.39 is 6.09 Å². The molecule has 0 saturated heterocycles. The van der Waals surface area contributed by atoms with Crippen LogP contribution in [-0.2, 0) is 4.74 Å². The van der Waals surface area contributed by atoms with Crippen LogP contribution in [0, 0.1) is 16.7 Å². The fourth-order valence-corrected chi connectivity index (χ4v) is 1.60. The van der Waals surface area contributed by atoms with Crippen LogP contribution in [-0.4, -0.2) is 12.2 Å². The first kappa shape index (κ1) is 23.0. The van der Waals surface area contributed by atoms with E-state index in [0.717, 1.165) is 0 Å². The van der Waals surface area contributed by atoms with E-state index in [1.165, 1.54) is 0 Å². The second kappa shape index (κ2) is 8.12. The van der Waals surface area contributed by atoms with Crippen LogP contribution < -0.4 is 51.4 Å². The molecule has 2 atom stereocenters. The van der Waals surface area contributed by atoms with Crippen molar-refractivity contribution in [1.82, 2.24) is 0 Å². The van der Waals surface area contributed by atoms with Gasteiger partial charge in [0, 0.05) is 0 Å². The molecule has 1 amide bonds. The van der Waals surface area contributed by atoms with Crippen LogP contribution in [0.2, 0.25) is 0 Å². The number of nitrogens with one attached hydrogen (secondary N) is 1. The Kier molecular flexibility index (Phi) is 11.0. The van der Waals surface area contributed by atoms with E-state index >= 15 is 0 Å². The van der Waals surface area contributed by atoms with Gasteiger partial charge in [0.25, 0.3) is 0 Å². The molecule has 1 unspecified atom stereocenters. The summed E-state index contributed by atoms with van der Waals surface area (Å²) in [5, 5.41) is 0. The van der Waals surface area contributed by atoms with Crippen LogP contribution in [0.5, 0.6) is 0 Å². The predicted octanol–water partition coefficient (Wildman–Crippen LogP) is 1.99. The second-order valence-electron chi connectivity index (χ2n) is 6.35. The van der Waals surface area contributed by atoms with Gasteiger partial charge in [0.1, 0.15) is 6.10 Å². The Labute approximate surface area is 148 Å². The van der Waals surface area contributed by atoms with Gasteiger partial charge >= 0.3 is 51.4 Å². The normalized spacial score (nSPS) is 15.0. The molecule has 0 aliphatic heterocycles. The van der Waals surface area contributed by atoms with E-state index in [9.17, 15) is 4.79 Å². The monoisotopic (exact) mass is 269 g/mol. The first-order chi connectivity index (χ1) is 6.46. The third-order valence-corrected chi connectivity index (χ3v) is 2.91. The van der Waals surface area contributed by atoms with Gasteiger partial charge in [0.2, 0.25) is 6.09 Å². The Balaban J connectivity index is -0.000000980. The molecule has 0 spiro atoms. The Morgan fingerprint density at radius 3 is 1.59 bits per heavy atom. The minimum atomic E-state index is -0.939. The van der Waals surface area contributed by atoms with E-state index in [1.54, 1.807) is 0 Å². The third-order valence-electron chi connectivity index (χ3n) is 2.91. The molecular formula is C12H26KN2O2-. The molecule has 0 fully saturated rings. The molecule has 0 rings (SSSR count). The van der Waals surface area contributed by atoms with Gasteiger partial charge in [-0.2, -0.15) is 0 Å². The molecule has 5 heteroatoms. The van der Waals surface area contributed by atoms with Gasteiger partial charge in [-0.25, -0.2) is 0 Å². The Morgan fingerprint density at radius 1 is 1.06 bits per heavy atom. The fraction of sp³-hybridized carbons (Fsp3) is 0.917. The smallest absolute Gasteiger partial charge is 0.693 e. The quantitative estimate of drug-likeness (QED) is 0.718. The van der Waals surface area contributed by atoms with Gasteiger partial charge in [0.05, 0.1) is 0 Å². The van der Waals surface area contributed by atoms with E-state index in [1.807, 2.05) is 20.8 Å². The van der Waals surface area contributed by atoms with Gasteiger partial charge in [-0.15, -0.1) is 0 Å². The topological polar surface area (TPSA) is 83.6 Å². The maximum absolute atomic E-state index is 10.8. The molecule has 0 aromatic carbocycles. The zero-order chi connectivity index (χ0) is 12.4. The molecule has 0 aliphatic rings. The number of hydrogen-bond donors (Lipinski definition) is 0. The van der Waals surface area contributed by atoms with E-state index in [-0.39, 0.29) is 80.4 Å². The average Bonchev–Trinajstić information content (AvgIpc) is 1.94. The minimum absolute atomic E-state index is 0. The number of carbonyl (C=O) groups excluding carboxylic acids is 1. The molecule has 0 aromatic heterocycles. The van der Waals surface area contributed by atoms with Gasteiger partial charge in [0.15, 0.2) is 0 Å². The number of hydrogen-bond acceptors (Lipinski definition) is 2. The van der Waals surface area contributed by atoms with Crippen molar-refractivity contribution in [3.05, 3.63) is 11.9 Å². The van der Waals surface area contributed by atoms with Crippen molar-refractivity contribution in [3.8, 4) is 0 Å². The van der Waals surface area contributed by atoms with Crippen LogP contribution in [0.3, 0.4) is 0 Å². The average molecular weight is 269 g/mol. The molecule has 0 radical (unpaired) electrons. The van der Waals surface area contributed by atoms with Crippen molar-refractivity contribution in [2.45, 2.75) is 54.6 Å². The summed E-state index contributed by atoms with van der Waals surface area (Å²) < 4.78 is 5.13. The summed E-state index contributed by atoms with van der Waals surface area (Å²) in [6, 6.07) is 0. The summed E-state index contributed by atoms with van der Waals surface area (Å²) in [6.45, 7) is 14.5. The van der Waals surface area contributed by atoms with E-state index in [4.69, 9.17) is 10.5 Å². The Hall–Kier alpha value is 0.866. The zero-order valence-electron chi connectivity index (χ0n) is 12.5. The van der Waals surface area contributed by atoms with E-state index in [2.05, 4.69) is 27.7 Å². The number of ether oxygens (including phenoxy) is 1. The van der Waals surface area contributed by atoms with Gasteiger partial charge < -0.3 is 16.6 Å². The third kappa shape index (κ3) is 8.56. The molecule has 4 nitrogen and oxygen atoms in total. The number of rotatable bonds is 2. The molecule has 98 valence electrons. The van der Waals surface area contributed by atoms with E-state index in [0.29, 0.717) is 0 Å². The number of carbonyl (C=O) groups is 1. The zero-order valence-corrected chi connectivity index (χ0v) is 15.7. The van der Waals surface area contributed by atoms with Crippen molar-refractivity contribution in [2.24, 2.45) is 16.7 Å². The van der Waals surface area contributed by atoms with Crippen LogP contribution >= 0.6 is 0 Å². The van der Waals surface area contributed by atoms with Gasteiger partial charge in [-0.3, -0.25) is 4.79 Å². The second-order valence-corrected chi connectivity index (χ2v) is 6.35. The SMILES string of the molecule is C[C@H](C(OC([NH-])=O)C(C)(C)C)C(C)(C)C.[K+].[NH2-]. The van der Waals surface area contributed by atoms with Crippen molar-refractivity contribution in [2.75, 3.05) is 0 Å². The molecule has 0 heterocycles. The predicted molar refractivity (Wildman–Crippen MR) is 67.9 cm³/mol. The molecule has 0 aliphatic carbocycles. The summed E-state index contributed by atoms with van der Waals surface area (Å²) >= 11 is 0. The van der Waals surface area contributed by atoms with Gasteiger partial charge in [-0.05, 0) is 16.7 Å². The van der Waals surface area contributed by atoms with Crippen LogP contribution in [0.15, 0.2) is 0 Å². The van der Waals surface area contributed by atoms with Crippen molar-refractivity contribution in [3.63, 3.8) is 0 Å². The molecular weight excluding hydrogens is 243 g/mol. The van der Waals surface area contributed by atoms with Crippen molar-refractivity contribution >= 4 is 6.09 Å². The van der Waals surface area contributed by atoms with Gasteiger partial charge in [-0.1, -0.05) is 48.5 Å². The number of nitrogens with two attached hydrogens (primary N) is 1. The maximum atomic E-state index is 10.8. The van der Waals surface area contributed by atoms with Crippen LogP contribution in [0.25, 0.3) is 11.9 Å². The number of amides is 1. The molecule has 0 bridgehead atoms. The first-order valence-electron chi connectivity index (χ1n) is 5.38. The molecule has 0 saturated carbocycles.